The van der Waals surface area contributed by atoms with Crippen molar-refractivity contribution in [2.45, 2.75) is 29.9 Å². The molecule has 4 rings (SSSR count). The molecule has 1 amide bonds. The first-order chi connectivity index (χ1) is 14.5. The molecule has 0 bridgehead atoms. The van der Waals surface area contributed by atoms with Gasteiger partial charge < -0.3 is 14.4 Å². The van der Waals surface area contributed by atoms with E-state index >= 15 is 0 Å². The molecular formula is C21H25N3O5S. The van der Waals surface area contributed by atoms with Crippen molar-refractivity contribution in [1.29, 1.82) is 0 Å². The van der Waals surface area contributed by atoms with Crippen molar-refractivity contribution >= 4 is 15.9 Å². The van der Waals surface area contributed by atoms with Crippen molar-refractivity contribution in [3.63, 3.8) is 0 Å². The third-order valence-electron chi connectivity index (χ3n) is 5.60. The van der Waals surface area contributed by atoms with Gasteiger partial charge in [0.1, 0.15) is 16.7 Å². The Bertz CT molecular complexity index is 999. The van der Waals surface area contributed by atoms with Gasteiger partial charge in [-0.2, -0.15) is 4.31 Å². The molecule has 2 aliphatic heterocycles. The number of aromatic nitrogens is 1. The highest BCUT2D eigenvalue weighted by molar-refractivity contribution is 7.89. The molecule has 0 radical (unpaired) electrons. The van der Waals surface area contributed by atoms with E-state index in [4.69, 9.17) is 9.47 Å². The van der Waals surface area contributed by atoms with Gasteiger partial charge in [-0.25, -0.2) is 8.42 Å². The summed E-state index contributed by atoms with van der Waals surface area (Å²) < 4.78 is 39.7. The number of para-hydroxylation sites is 1. The maximum atomic E-state index is 13.4. The monoisotopic (exact) mass is 431 g/mol. The van der Waals surface area contributed by atoms with Crippen LogP contribution in [0.4, 0.5) is 0 Å². The molecule has 2 atom stereocenters. The number of amides is 1. The van der Waals surface area contributed by atoms with Crippen molar-refractivity contribution in [2.75, 3.05) is 33.4 Å². The molecule has 0 unspecified atom stereocenters. The van der Waals surface area contributed by atoms with Crippen LogP contribution in [0.1, 0.15) is 23.2 Å². The molecule has 1 fully saturated rings. The van der Waals surface area contributed by atoms with Gasteiger partial charge in [-0.15, -0.1) is 0 Å². The van der Waals surface area contributed by atoms with Crippen LogP contribution in [0.3, 0.4) is 0 Å². The minimum Gasteiger partial charge on any atom is -0.487 e. The SMILES string of the molecule is COCCN1[C@H]2CCN(C(=O)c3cccnc3)CC[C@@H]2Oc2ccccc2S1(=O)=O. The lowest BCUT2D eigenvalue weighted by Crippen LogP contribution is -2.48. The molecule has 3 heterocycles. The number of rotatable bonds is 4. The van der Waals surface area contributed by atoms with Crippen LogP contribution in [0.15, 0.2) is 53.7 Å². The summed E-state index contributed by atoms with van der Waals surface area (Å²) in [5.41, 5.74) is 0.523. The number of methoxy groups -OCH3 is 1. The summed E-state index contributed by atoms with van der Waals surface area (Å²) in [6.45, 7) is 1.43. The summed E-state index contributed by atoms with van der Waals surface area (Å²) in [5.74, 6) is 0.255. The molecule has 1 saturated heterocycles. The van der Waals surface area contributed by atoms with Gasteiger partial charge in [0.05, 0.1) is 18.2 Å². The zero-order valence-corrected chi connectivity index (χ0v) is 17.6. The molecule has 0 saturated carbocycles. The number of benzene rings is 1. The molecule has 9 heteroatoms. The van der Waals surface area contributed by atoms with E-state index < -0.39 is 10.0 Å². The second kappa shape index (κ2) is 8.71. The van der Waals surface area contributed by atoms with Gasteiger partial charge in [0.25, 0.3) is 5.91 Å². The van der Waals surface area contributed by atoms with Gasteiger partial charge in [-0.1, -0.05) is 12.1 Å². The fraction of sp³-hybridized carbons (Fsp3) is 0.429. The minimum absolute atomic E-state index is 0.105. The smallest absolute Gasteiger partial charge is 0.255 e. The second-order valence-electron chi connectivity index (χ2n) is 7.39. The van der Waals surface area contributed by atoms with Crippen LogP contribution < -0.4 is 4.74 Å². The summed E-state index contributed by atoms with van der Waals surface area (Å²) >= 11 is 0. The van der Waals surface area contributed by atoms with Gasteiger partial charge in [0.2, 0.25) is 10.0 Å². The van der Waals surface area contributed by atoms with E-state index in [9.17, 15) is 13.2 Å². The largest absolute Gasteiger partial charge is 0.487 e. The Labute approximate surface area is 176 Å². The highest BCUT2D eigenvalue weighted by Crippen LogP contribution is 2.36. The number of ether oxygens (including phenoxy) is 2. The molecule has 1 aromatic carbocycles. The average molecular weight is 432 g/mol. The lowest BCUT2D eigenvalue weighted by Gasteiger charge is -2.31. The van der Waals surface area contributed by atoms with Crippen molar-refractivity contribution < 1.29 is 22.7 Å². The van der Waals surface area contributed by atoms with E-state index in [1.165, 1.54) is 4.31 Å². The van der Waals surface area contributed by atoms with E-state index in [0.717, 1.165) is 0 Å². The van der Waals surface area contributed by atoms with Crippen LogP contribution in [0.2, 0.25) is 0 Å². The van der Waals surface area contributed by atoms with Crippen LogP contribution >= 0.6 is 0 Å². The van der Waals surface area contributed by atoms with E-state index in [0.29, 0.717) is 37.2 Å². The Hall–Kier alpha value is -2.49. The van der Waals surface area contributed by atoms with Gasteiger partial charge in [-0.3, -0.25) is 9.78 Å². The molecule has 1 aromatic heterocycles. The molecule has 2 aromatic rings. The molecule has 30 heavy (non-hydrogen) atoms. The van der Waals surface area contributed by atoms with Gasteiger partial charge >= 0.3 is 0 Å². The normalized spacial score (nSPS) is 23.4. The average Bonchev–Trinajstić information content (AvgIpc) is 3.01. The summed E-state index contributed by atoms with van der Waals surface area (Å²) in [4.78, 5) is 18.9. The number of pyridine rings is 1. The molecule has 0 aliphatic carbocycles. The summed E-state index contributed by atoms with van der Waals surface area (Å²) in [6, 6.07) is 9.81. The van der Waals surface area contributed by atoms with Crippen LogP contribution in [-0.2, 0) is 14.8 Å². The van der Waals surface area contributed by atoms with Crippen LogP contribution in [0, 0.1) is 0 Å². The Morgan fingerprint density at radius 1 is 1.20 bits per heavy atom. The number of hydrogen-bond donors (Lipinski definition) is 0. The maximum absolute atomic E-state index is 13.4. The number of likely N-dealkylation sites (tertiary alicyclic amines) is 1. The first kappa shape index (κ1) is 20.8. The van der Waals surface area contributed by atoms with Gasteiger partial charge in [0, 0.05) is 45.6 Å². The highest BCUT2D eigenvalue weighted by atomic mass is 32.2. The van der Waals surface area contributed by atoms with Gasteiger partial charge in [0.15, 0.2) is 0 Å². The molecule has 160 valence electrons. The molecular weight excluding hydrogens is 406 g/mol. The van der Waals surface area contributed by atoms with Crippen molar-refractivity contribution in [2.24, 2.45) is 0 Å². The Kier molecular flexibility index (Phi) is 6.03. The lowest BCUT2D eigenvalue weighted by atomic mass is 10.1. The number of carbonyl (C=O) groups is 1. The number of nitrogens with zero attached hydrogens (tertiary/aromatic N) is 3. The predicted octanol–water partition coefficient (Wildman–Crippen LogP) is 1.78. The minimum atomic E-state index is -3.75. The standard InChI is InChI=1S/C21H25N3O5S/c1-28-14-13-24-17-8-11-23(21(25)16-5-4-10-22-15-16)12-9-18(17)29-19-6-2-3-7-20(19)30(24,26)27/h2-7,10,15,17-18H,8-9,11-14H2,1H3/t17-,18-/m0/s1. The van der Waals surface area contributed by atoms with Crippen molar-refractivity contribution in [3.8, 4) is 5.75 Å². The van der Waals surface area contributed by atoms with Gasteiger partial charge in [-0.05, 0) is 30.7 Å². The predicted molar refractivity (Wildman–Crippen MR) is 110 cm³/mol. The van der Waals surface area contributed by atoms with Crippen LogP contribution in [-0.4, -0.2) is 74.0 Å². The van der Waals surface area contributed by atoms with Crippen molar-refractivity contribution in [1.82, 2.24) is 14.2 Å². The first-order valence-corrected chi connectivity index (χ1v) is 11.4. The van der Waals surface area contributed by atoms with E-state index in [2.05, 4.69) is 4.98 Å². The number of fused-ring (bicyclic) bond motifs is 2. The number of sulfonamides is 1. The number of carbonyl (C=O) groups excluding carboxylic acids is 1. The highest BCUT2D eigenvalue weighted by Gasteiger charge is 2.43. The second-order valence-corrected chi connectivity index (χ2v) is 9.25. The summed E-state index contributed by atoms with van der Waals surface area (Å²) in [7, 11) is -2.20. The Morgan fingerprint density at radius 3 is 2.77 bits per heavy atom. The fourth-order valence-corrected chi connectivity index (χ4v) is 5.88. The van der Waals surface area contributed by atoms with Crippen LogP contribution in [0.5, 0.6) is 5.75 Å². The maximum Gasteiger partial charge on any atom is 0.255 e. The molecule has 2 aliphatic rings. The quantitative estimate of drug-likeness (QED) is 0.733. The van der Waals surface area contributed by atoms with E-state index in [1.54, 1.807) is 60.8 Å². The zero-order chi connectivity index (χ0) is 21.1. The van der Waals surface area contributed by atoms with E-state index in [-0.39, 0.29) is 36.1 Å². The zero-order valence-electron chi connectivity index (χ0n) is 16.8. The number of hydrogen-bond acceptors (Lipinski definition) is 6. The topological polar surface area (TPSA) is 89.0 Å². The Morgan fingerprint density at radius 2 is 2.00 bits per heavy atom. The molecule has 0 spiro atoms. The molecule has 8 nitrogen and oxygen atoms in total. The van der Waals surface area contributed by atoms with E-state index in [1.807, 2.05) is 0 Å². The Balaban J connectivity index is 1.65. The molecule has 0 N–H and O–H groups in total. The summed E-state index contributed by atoms with van der Waals surface area (Å²) in [5, 5.41) is 0. The third-order valence-corrected chi connectivity index (χ3v) is 7.57. The lowest BCUT2D eigenvalue weighted by molar-refractivity contribution is 0.0754. The third kappa shape index (κ3) is 3.92. The summed E-state index contributed by atoms with van der Waals surface area (Å²) in [6.07, 6.45) is 3.83. The van der Waals surface area contributed by atoms with Crippen LogP contribution in [0.25, 0.3) is 0 Å². The first-order valence-electron chi connectivity index (χ1n) is 9.98. The fourth-order valence-electron chi connectivity index (χ4n) is 4.10. The van der Waals surface area contributed by atoms with Crippen molar-refractivity contribution in [3.05, 3.63) is 54.4 Å².